The van der Waals surface area contributed by atoms with E-state index in [-0.39, 0.29) is 6.04 Å². The van der Waals surface area contributed by atoms with Crippen LogP contribution in [0.4, 0.5) is 0 Å². The summed E-state index contributed by atoms with van der Waals surface area (Å²) in [6, 6.07) is 1.97. The van der Waals surface area contributed by atoms with Crippen molar-refractivity contribution in [3.8, 4) is 0 Å². The van der Waals surface area contributed by atoms with Gasteiger partial charge in [0.05, 0.1) is 8.67 Å². The van der Waals surface area contributed by atoms with Gasteiger partial charge in [-0.2, -0.15) is 0 Å². The van der Waals surface area contributed by atoms with Crippen LogP contribution < -0.4 is 11.3 Å². The minimum Gasteiger partial charge on any atom is -0.271 e. The topological polar surface area (TPSA) is 38.0 Å². The number of halogens is 2. The van der Waals surface area contributed by atoms with E-state index in [2.05, 4.69) is 19.3 Å². The van der Waals surface area contributed by atoms with Crippen LogP contribution in [0.5, 0.6) is 0 Å². The van der Waals surface area contributed by atoms with E-state index in [0.717, 1.165) is 16.3 Å². The quantitative estimate of drug-likeness (QED) is 0.635. The first kappa shape index (κ1) is 12.3. The highest BCUT2D eigenvalue weighted by molar-refractivity contribution is 7.20. The van der Waals surface area contributed by atoms with E-state index >= 15 is 0 Å². The second-order valence-electron chi connectivity index (χ2n) is 3.63. The number of nitrogens with two attached hydrogens (primary N) is 1. The minimum absolute atomic E-state index is 0.0891. The molecule has 0 aliphatic rings. The van der Waals surface area contributed by atoms with Crippen LogP contribution in [0.15, 0.2) is 6.07 Å². The smallest absolute Gasteiger partial charge is 0.0992 e. The van der Waals surface area contributed by atoms with Gasteiger partial charge in [0.15, 0.2) is 0 Å². The molecule has 1 aromatic heterocycles. The summed E-state index contributed by atoms with van der Waals surface area (Å²) in [4.78, 5) is 0. The van der Waals surface area contributed by atoms with E-state index < -0.39 is 0 Å². The maximum Gasteiger partial charge on any atom is 0.0992 e. The minimum atomic E-state index is 0.0891. The van der Waals surface area contributed by atoms with Crippen molar-refractivity contribution in [3.63, 3.8) is 0 Å². The van der Waals surface area contributed by atoms with Gasteiger partial charge in [-0.1, -0.05) is 37.0 Å². The summed E-state index contributed by atoms with van der Waals surface area (Å²) in [5, 5.41) is 0. The van der Waals surface area contributed by atoms with Gasteiger partial charge >= 0.3 is 0 Å². The third kappa shape index (κ3) is 3.11. The summed E-state index contributed by atoms with van der Waals surface area (Å²) in [6.07, 6.45) is 0.948. The molecule has 80 valence electrons. The Kier molecular flexibility index (Phi) is 4.67. The molecule has 1 atom stereocenters. The van der Waals surface area contributed by atoms with E-state index in [4.69, 9.17) is 29.0 Å². The molecule has 0 saturated carbocycles. The first-order valence-corrected chi connectivity index (χ1v) is 6.02. The number of hydrazine groups is 1. The SMILES string of the molecule is CC(C)CC(NN)c1cc(Cl)sc1Cl. The standard InChI is InChI=1S/C9H14Cl2N2S/c1-5(2)3-7(13-12)6-4-8(10)14-9(6)11/h4-5,7,13H,3,12H2,1-2H3. The average molecular weight is 253 g/mol. The van der Waals surface area contributed by atoms with Crippen molar-refractivity contribution in [2.75, 3.05) is 0 Å². The fraction of sp³-hybridized carbons (Fsp3) is 0.556. The Morgan fingerprint density at radius 2 is 2.14 bits per heavy atom. The predicted molar refractivity (Wildman–Crippen MR) is 63.9 cm³/mol. The lowest BCUT2D eigenvalue weighted by molar-refractivity contribution is 0.439. The zero-order valence-electron chi connectivity index (χ0n) is 8.18. The van der Waals surface area contributed by atoms with Crippen LogP contribution >= 0.6 is 34.5 Å². The van der Waals surface area contributed by atoms with Crippen molar-refractivity contribution >= 4 is 34.5 Å². The van der Waals surface area contributed by atoms with Crippen molar-refractivity contribution < 1.29 is 0 Å². The lowest BCUT2D eigenvalue weighted by Crippen LogP contribution is -2.28. The summed E-state index contributed by atoms with van der Waals surface area (Å²) >= 11 is 13.3. The Hall–Kier alpha value is 0.200. The van der Waals surface area contributed by atoms with Crippen LogP contribution in [0.2, 0.25) is 8.67 Å². The average Bonchev–Trinajstić information content (AvgIpc) is 2.41. The molecular weight excluding hydrogens is 239 g/mol. The zero-order valence-corrected chi connectivity index (χ0v) is 10.5. The van der Waals surface area contributed by atoms with E-state index in [1.54, 1.807) is 0 Å². The number of hydrogen-bond donors (Lipinski definition) is 2. The van der Waals surface area contributed by atoms with Gasteiger partial charge in [0.1, 0.15) is 0 Å². The Balaban J connectivity index is 2.83. The number of hydrogen-bond acceptors (Lipinski definition) is 3. The molecule has 2 nitrogen and oxygen atoms in total. The van der Waals surface area contributed by atoms with Gasteiger partial charge < -0.3 is 0 Å². The molecule has 14 heavy (non-hydrogen) atoms. The predicted octanol–water partition coefficient (Wildman–Crippen LogP) is 3.61. The van der Waals surface area contributed by atoms with Crippen molar-refractivity contribution in [3.05, 3.63) is 20.3 Å². The molecule has 0 radical (unpaired) electrons. The van der Waals surface area contributed by atoms with Gasteiger partial charge in [-0.3, -0.25) is 11.3 Å². The second-order valence-corrected chi connectivity index (χ2v) is 5.91. The molecule has 3 N–H and O–H groups in total. The molecule has 0 saturated heterocycles. The molecule has 0 spiro atoms. The molecule has 0 aromatic carbocycles. The van der Waals surface area contributed by atoms with Gasteiger partial charge in [-0.15, -0.1) is 11.3 Å². The van der Waals surface area contributed by atoms with E-state index in [0.29, 0.717) is 10.3 Å². The molecule has 5 heteroatoms. The maximum atomic E-state index is 6.04. The molecule has 0 fully saturated rings. The summed E-state index contributed by atoms with van der Waals surface area (Å²) in [5.41, 5.74) is 3.77. The van der Waals surface area contributed by atoms with Crippen LogP contribution in [-0.4, -0.2) is 0 Å². The molecule has 0 aliphatic carbocycles. The largest absolute Gasteiger partial charge is 0.271 e. The lowest BCUT2D eigenvalue weighted by Gasteiger charge is -2.17. The number of nitrogens with one attached hydrogen (secondary N) is 1. The summed E-state index contributed by atoms with van der Waals surface area (Å²) in [7, 11) is 0. The van der Waals surface area contributed by atoms with Crippen LogP contribution in [-0.2, 0) is 0 Å². The molecule has 1 unspecified atom stereocenters. The molecule has 1 rings (SSSR count). The molecule has 1 aromatic rings. The van der Waals surface area contributed by atoms with E-state index in [9.17, 15) is 0 Å². The number of thiophene rings is 1. The van der Waals surface area contributed by atoms with Crippen molar-refractivity contribution in [2.45, 2.75) is 26.3 Å². The van der Waals surface area contributed by atoms with Crippen LogP contribution in [0, 0.1) is 5.92 Å². The molecule has 0 amide bonds. The monoisotopic (exact) mass is 252 g/mol. The molecular formula is C9H14Cl2N2S. The van der Waals surface area contributed by atoms with Crippen LogP contribution in [0.1, 0.15) is 31.9 Å². The first-order chi connectivity index (χ1) is 6.54. The van der Waals surface area contributed by atoms with Gasteiger partial charge in [0.2, 0.25) is 0 Å². The Morgan fingerprint density at radius 3 is 2.50 bits per heavy atom. The molecule has 1 heterocycles. The second kappa shape index (κ2) is 5.33. The highest BCUT2D eigenvalue weighted by atomic mass is 35.5. The highest BCUT2D eigenvalue weighted by Gasteiger charge is 2.17. The third-order valence-electron chi connectivity index (χ3n) is 1.97. The van der Waals surface area contributed by atoms with Gasteiger partial charge in [0.25, 0.3) is 0 Å². The number of rotatable bonds is 4. The molecule has 0 bridgehead atoms. The Bertz CT molecular complexity index is 299. The van der Waals surface area contributed by atoms with Gasteiger partial charge in [-0.05, 0) is 18.4 Å². The fourth-order valence-corrected chi connectivity index (χ4v) is 2.93. The van der Waals surface area contributed by atoms with Crippen LogP contribution in [0.25, 0.3) is 0 Å². The van der Waals surface area contributed by atoms with E-state index in [1.807, 2.05) is 6.07 Å². The zero-order chi connectivity index (χ0) is 10.7. The van der Waals surface area contributed by atoms with Crippen molar-refractivity contribution in [2.24, 2.45) is 11.8 Å². The summed E-state index contributed by atoms with van der Waals surface area (Å²) in [5.74, 6) is 6.05. The Morgan fingerprint density at radius 1 is 1.50 bits per heavy atom. The van der Waals surface area contributed by atoms with Gasteiger partial charge in [-0.25, -0.2) is 0 Å². The Labute approximate surface area is 98.4 Å². The normalized spacial score (nSPS) is 13.6. The first-order valence-electron chi connectivity index (χ1n) is 4.45. The van der Waals surface area contributed by atoms with Crippen LogP contribution in [0.3, 0.4) is 0 Å². The lowest BCUT2D eigenvalue weighted by atomic mass is 10.00. The van der Waals surface area contributed by atoms with Gasteiger partial charge in [0, 0.05) is 11.6 Å². The summed E-state index contributed by atoms with van der Waals surface area (Å²) < 4.78 is 1.42. The van der Waals surface area contributed by atoms with Crippen molar-refractivity contribution in [1.29, 1.82) is 0 Å². The third-order valence-corrected chi connectivity index (χ3v) is 3.48. The fourth-order valence-electron chi connectivity index (χ4n) is 1.35. The maximum absolute atomic E-state index is 6.04. The van der Waals surface area contributed by atoms with Crippen molar-refractivity contribution in [1.82, 2.24) is 5.43 Å². The molecule has 0 aliphatic heterocycles. The van der Waals surface area contributed by atoms with E-state index in [1.165, 1.54) is 11.3 Å². The summed E-state index contributed by atoms with van der Waals surface area (Å²) in [6.45, 7) is 4.29. The highest BCUT2D eigenvalue weighted by Crippen LogP contribution is 2.36.